The van der Waals surface area contributed by atoms with Crippen LogP contribution in [0.15, 0.2) is 83.3 Å². The largest absolute Gasteiger partial charge is 0.535 e. The molecule has 0 aliphatic carbocycles. The third-order valence-electron chi connectivity index (χ3n) is 3.90. The third kappa shape index (κ3) is 4.39. The van der Waals surface area contributed by atoms with E-state index >= 15 is 0 Å². The topological polar surface area (TPSA) is 48.8 Å². The van der Waals surface area contributed by atoms with E-state index in [1.54, 1.807) is 34.7 Å². The fourth-order valence-corrected chi connectivity index (χ4v) is 3.15. The standard InChI is InChI=1S/C14H11N2O.C7H5N2S.Ir/c1-16-9-8-15-14(16)12-7-10-17-13(12)11-5-3-2-4-6-11;1-3-8-9(4-1)7-2-5-10-6-7;/h2-6,8-10H,1H3;1-5H;/q2*-1;. The van der Waals surface area contributed by atoms with Crippen LogP contribution in [0.3, 0.4) is 0 Å². The zero-order valence-electron chi connectivity index (χ0n) is 14.9. The van der Waals surface area contributed by atoms with Crippen LogP contribution in [0.4, 0.5) is 0 Å². The van der Waals surface area contributed by atoms with Crippen LogP contribution in [0.25, 0.3) is 28.4 Å². The Kier molecular flexibility index (Phi) is 6.76. The van der Waals surface area contributed by atoms with Crippen LogP contribution in [0, 0.1) is 11.4 Å². The second-order valence-electron chi connectivity index (χ2n) is 5.67. The number of hydrogen-bond donors (Lipinski definition) is 0. The second-order valence-corrected chi connectivity index (χ2v) is 6.38. The molecule has 4 aromatic heterocycles. The van der Waals surface area contributed by atoms with Crippen molar-refractivity contribution in [2.45, 2.75) is 0 Å². The number of rotatable bonds is 3. The molecule has 5 aromatic rings. The SMILES string of the molecule is Cn1ccnc1-c1[c-]coc1-c1ccccc1.[Ir].[c-]1sccc1-n1cccn1. The van der Waals surface area contributed by atoms with E-state index in [0.29, 0.717) is 0 Å². The Hall–Kier alpha value is -2.73. The molecule has 0 unspecified atom stereocenters. The van der Waals surface area contributed by atoms with Gasteiger partial charge in [0.25, 0.3) is 0 Å². The predicted octanol–water partition coefficient (Wildman–Crippen LogP) is 4.88. The van der Waals surface area contributed by atoms with E-state index in [1.807, 2.05) is 71.9 Å². The Morgan fingerprint density at radius 3 is 2.54 bits per heavy atom. The summed E-state index contributed by atoms with van der Waals surface area (Å²) in [6, 6.07) is 17.0. The van der Waals surface area contributed by atoms with Gasteiger partial charge < -0.3 is 25.3 Å². The van der Waals surface area contributed by atoms with E-state index in [1.165, 1.54) is 0 Å². The van der Waals surface area contributed by atoms with Crippen molar-refractivity contribution in [2.24, 2.45) is 7.05 Å². The molecule has 0 N–H and O–H groups in total. The Labute approximate surface area is 180 Å². The van der Waals surface area contributed by atoms with Crippen LogP contribution in [0.2, 0.25) is 0 Å². The van der Waals surface area contributed by atoms with E-state index in [0.717, 1.165) is 28.4 Å². The molecule has 4 heterocycles. The molecule has 0 saturated heterocycles. The summed E-state index contributed by atoms with van der Waals surface area (Å²) in [4.78, 5) is 4.32. The molecular weight excluding hydrogens is 549 g/mol. The number of aromatic nitrogens is 4. The van der Waals surface area contributed by atoms with Gasteiger partial charge in [-0.3, -0.25) is 4.68 Å². The number of thiophene rings is 1. The summed E-state index contributed by atoms with van der Waals surface area (Å²) in [5, 5.41) is 9.12. The van der Waals surface area contributed by atoms with Crippen molar-refractivity contribution in [2.75, 3.05) is 0 Å². The monoisotopic (exact) mass is 565 g/mol. The van der Waals surface area contributed by atoms with E-state index < -0.39 is 0 Å². The molecule has 0 atom stereocenters. The molecule has 5 nitrogen and oxygen atoms in total. The maximum absolute atomic E-state index is 5.52. The summed E-state index contributed by atoms with van der Waals surface area (Å²) in [6.07, 6.45) is 8.91. The van der Waals surface area contributed by atoms with Crippen LogP contribution < -0.4 is 0 Å². The summed E-state index contributed by atoms with van der Waals surface area (Å²) >= 11 is 1.55. The smallest absolute Gasteiger partial charge is 0.0493 e. The average Bonchev–Trinajstić information content (AvgIpc) is 3.49. The second kappa shape index (κ2) is 9.46. The maximum atomic E-state index is 5.52. The first kappa shape index (κ1) is 20.0. The van der Waals surface area contributed by atoms with Crippen molar-refractivity contribution in [3.63, 3.8) is 0 Å². The van der Waals surface area contributed by atoms with Gasteiger partial charge in [-0.15, -0.1) is 11.6 Å². The molecule has 143 valence electrons. The number of aryl methyl sites for hydroxylation is 1. The molecule has 28 heavy (non-hydrogen) atoms. The first-order valence-corrected chi connectivity index (χ1v) is 9.18. The van der Waals surface area contributed by atoms with Gasteiger partial charge in [-0.25, -0.2) is 0 Å². The van der Waals surface area contributed by atoms with Gasteiger partial charge in [0.15, 0.2) is 0 Å². The molecule has 0 amide bonds. The summed E-state index contributed by atoms with van der Waals surface area (Å²) < 4.78 is 9.26. The average molecular weight is 565 g/mol. The van der Waals surface area contributed by atoms with E-state index in [2.05, 4.69) is 21.5 Å². The minimum atomic E-state index is 0. The van der Waals surface area contributed by atoms with E-state index in [-0.39, 0.29) is 20.1 Å². The first-order chi connectivity index (χ1) is 13.3. The van der Waals surface area contributed by atoms with Gasteiger partial charge in [-0.1, -0.05) is 35.7 Å². The van der Waals surface area contributed by atoms with Gasteiger partial charge in [-0.2, -0.15) is 16.5 Å². The van der Waals surface area contributed by atoms with Gasteiger partial charge in [0, 0.05) is 62.7 Å². The summed E-state index contributed by atoms with van der Waals surface area (Å²) in [5.41, 5.74) is 2.94. The molecule has 1 aromatic carbocycles. The number of imidazole rings is 1. The van der Waals surface area contributed by atoms with Crippen LogP contribution in [-0.4, -0.2) is 19.3 Å². The predicted molar refractivity (Wildman–Crippen MR) is 105 cm³/mol. The normalized spacial score (nSPS) is 10.0. The van der Waals surface area contributed by atoms with Crippen LogP contribution in [0.5, 0.6) is 0 Å². The van der Waals surface area contributed by atoms with Crippen molar-refractivity contribution in [1.29, 1.82) is 0 Å². The summed E-state index contributed by atoms with van der Waals surface area (Å²) in [6.45, 7) is 0. The van der Waals surface area contributed by atoms with Gasteiger partial charge in [0.05, 0.1) is 0 Å². The van der Waals surface area contributed by atoms with Crippen LogP contribution in [-0.2, 0) is 27.2 Å². The Morgan fingerprint density at radius 1 is 1.04 bits per heavy atom. The van der Waals surface area contributed by atoms with Gasteiger partial charge in [0.1, 0.15) is 0 Å². The van der Waals surface area contributed by atoms with E-state index in [4.69, 9.17) is 4.42 Å². The Morgan fingerprint density at radius 2 is 1.89 bits per heavy atom. The quantitative estimate of drug-likeness (QED) is 0.294. The van der Waals surface area contributed by atoms with Crippen molar-refractivity contribution in [3.05, 3.63) is 90.3 Å². The number of hydrogen-bond acceptors (Lipinski definition) is 4. The molecule has 0 aliphatic heterocycles. The number of furan rings is 1. The first-order valence-electron chi connectivity index (χ1n) is 8.30. The maximum Gasteiger partial charge on any atom is 0.0493 e. The van der Waals surface area contributed by atoms with Crippen LogP contribution in [0.1, 0.15) is 0 Å². The Bertz CT molecular complexity index is 1050. The molecule has 0 fully saturated rings. The zero-order chi connectivity index (χ0) is 18.5. The van der Waals surface area contributed by atoms with Crippen LogP contribution >= 0.6 is 11.3 Å². The summed E-state index contributed by atoms with van der Waals surface area (Å²) in [7, 11) is 1.96. The summed E-state index contributed by atoms with van der Waals surface area (Å²) in [5.74, 6) is 1.66. The van der Waals surface area contributed by atoms with Gasteiger partial charge in [-0.05, 0) is 24.4 Å². The van der Waals surface area contributed by atoms with E-state index in [9.17, 15) is 0 Å². The van der Waals surface area contributed by atoms with Gasteiger partial charge >= 0.3 is 0 Å². The minimum Gasteiger partial charge on any atom is -0.535 e. The number of nitrogens with zero attached hydrogens (tertiary/aromatic N) is 4. The van der Waals surface area contributed by atoms with Crippen molar-refractivity contribution < 1.29 is 24.5 Å². The molecule has 0 saturated carbocycles. The fraction of sp³-hybridized carbons (Fsp3) is 0.0476. The zero-order valence-corrected chi connectivity index (χ0v) is 18.2. The van der Waals surface area contributed by atoms with Crippen molar-refractivity contribution in [3.8, 4) is 28.4 Å². The molecule has 0 bridgehead atoms. The van der Waals surface area contributed by atoms with Crippen molar-refractivity contribution >= 4 is 11.3 Å². The molecule has 0 spiro atoms. The molecule has 7 heteroatoms. The Balaban J connectivity index is 0.000000175. The van der Waals surface area contributed by atoms with Crippen molar-refractivity contribution in [1.82, 2.24) is 19.3 Å². The fourth-order valence-electron chi connectivity index (χ4n) is 2.61. The minimum absolute atomic E-state index is 0. The number of benzene rings is 1. The molecule has 5 rings (SSSR count). The molecule has 1 radical (unpaired) electrons. The third-order valence-corrected chi connectivity index (χ3v) is 4.50. The van der Waals surface area contributed by atoms with Gasteiger partial charge in [0.2, 0.25) is 0 Å². The molecule has 0 aliphatic rings. The molecular formula is C21H16IrN4OS-2.